The lowest BCUT2D eigenvalue weighted by molar-refractivity contribution is -0.136. The number of carbonyl (C=O) groups excluding carboxylic acids is 1. The Hall–Kier alpha value is -2.88. The summed E-state index contributed by atoms with van der Waals surface area (Å²) in [6.45, 7) is -1.40. The van der Waals surface area contributed by atoms with Crippen molar-refractivity contribution in [3.05, 3.63) is 60.4 Å². The number of nitrogens with zero attached hydrogens (tertiary/aromatic N) is 3. The van der Waals surface area contributed by atoms with Crippen LogP contribution in [-0.2, 0) is 4.79 Å². The molecule has 0 aliphatic rings. The summed E-state index contributed by atoms with van der Waals surface area (Å²) in [6.07, 6.45) is -4.48. The Balaban J connectivity index is 1.86. The third-order valence-corrected chi connectivity index (χ3v) is 4.50. The Labute approximate surface area is 161 Å². The minimum absolute atomic E-state index is 0.274. The van der Waals surface area contributed by atoms with Crippen LogP contribution in [0.15, 0.2) is 59.8 Å². The summed E-state index contributed by atoms with van der Waals surface area (Å²) >= 11 is 0.936. The monoisotopic (exact) mass is 410 g/mol. The van der Waals surface area contributed by atoms with Gasteiger partial charge in [-0.05, 0) is 24.3 Å². The van der Waals surface area contributed by atoms with E-state index in [1.165, 1.54) is 24.3 Å². The van der Waals surface area contributed by atoms with Gasteiger partial charge < -0.3 is 5.32 Å². The molecule has 0 saturated heterocycles. The summed E-state index contributed by atoms with van der Waals surface area (Å²) in [5.41, 5.74) is 1.30. The van der Waals surface area contributed by atoms with Crippen LogP contribution in [0.1, 0.15) is 0 Å². The number of carbonyl (C=O) groups is 1. The number of alkyl halides is 3. The summed E-state index contributed by atoms with van der Waals surface area (Å²) in [4.78, 5) is 11.7. The zero-order valence-electron chi connectivity index (χ0n) is 14.3. The molecule has 1 amide bonds. The van der Waals surface area contributed by atoms with Crippen LogP contribution in [0.5, 0.6) is 0 Å². The van der Waals surface area contributed by atoms with Gasteiger partial charge in [0, 0.05) is 11.3 Å². The van der Waals surface area contributed by atoms with Crippen molar-refractivity contribution < 1.29 is 22.4 Å². The molecule has 0 saturated carbocycles. The molecule has 2 aromatic carbocycles. The van der Waals surface area contributed by atoms with Crippen LogP contribution in [-0.4, -0.2) is 39.1 Å². The average Bonchev–Trinajstić information content (AvgIpc) is 3.09. The van der Waals surface area contributed by atoms with E-state index in [9.17, 15) is 22.4 Å². The van der Waals surface area contributed by atoms with Crippen LogP contribution >= 0.6 is 11.8 Å². The number of thioether (sulfide) groups is 1. The third kappa shape index (κ3) is 5.10. The van der Waals surface area contributed by atoms with Crippen molar-refractivity contribution in [3.8, 4) is 17.1 Å². The van der Waals surface area contributed by atoms with Crippen molar-refractivity contribution in [3.63, 3.8) is 0 Å². The topological polar surface area (TPSA) is 59.8 Å². The van der Waals surface area contributed by atoms with Gasteiger partial charge in [-0.1, -0.05) is 42.1 Å². The summed E-state index contributed by atoms with van der Waals surface area (Å²) in [6, 6.07) is 14.7. The number of hydrogen-bond donors (Lipinski definition) is 1. The fourth-order valence-electron chi connectivity index (χ4n) is 2.34. The first-order valence-electron chi connectivity index (χ1n) is 8.06. The molecule has 3 rings (SSSR count). The Kier molecular flexibility index (Phi) is 5.98. The highest BCUT2D eigenvalue weighted by Crippen LogP contribution is 2.28. The van der Waals surface area contributed by atoms with E-state index >= 15 is 0 Å². The van der Waals surface area contributed by atoms with Gasteiger partial charge in [0.15, 0.2) is 11.0 Å². The molecule has 1 heterocycles. The summed E-state index contributed by atoms with van der Waals surface area (Å²) in [7, 11) is 0. The van der Waals surface area contributed by atoms with Gasteiger partial charge in [0.2, 0.25) is 5.91 Å². The largest absolute Gasteiger partial charge is 0.405 e. The lowest BCUT2D eigenvalue weighted by atomic mass is 10.2. The maximum Gasteiger partial charge on any atom is 0.405 e. The van der Waals surface area contributed by atoms with Gasteiger partial charge in [0.05, 0.1) is 5.75 Å². The standard InChI is InChI=1S/C18H14F4N4OS/c19-13-6-8-14(9-7-13)26-16(12-4-2-1-3-5-12)24-25-17(26)28-10-15(27)23-11-18(20,21)22/h1-9H,10-11H2,(H,23,27). The fourth-order valence-corrected chi connectivity index (χ4v) is 3.12. The van der Waals surface area contributed by atoms with Crippen molar-refractivity contribution in [1.82, 2.24) is 20.1 Å². The van der Waals surface area contributed by atoms with Crippen LogP contribution in [0, 0.1) is 5.82 Å². The van der Waals surface area contributed by atoms with E-state index in [1.54, 1.807) is 9.88 Å². The van der Waals surface area contributed by atoms with Crippen LogP contribution < -0.4 is 5.32 Å². The molecular formula is C18H14F4N4OS. The quantitative estimate of drug-likeness (QED) is 0.496. The highest BCUT2D eigenvalue weighted by Gasteiger charge is 2.27. The zero-order chi connectivity index (χ0) is 20.1. The summed E-state index contributed by atoms with van der Waals surface area (Å²) < 4.78 is 51.5. The van der Waals surface area contributed by atoms with E-state index in [-0.39, 0.29) is 5.75 Å². The average molecular weight is 410 g/mol. The van der Waals surface area contributed by atoms with E-state index in [1.807, 2.05) is 30.3 Å². The normalized spacial score (nSPS) is 11.4. The second-order valence-corrected chi connectivity index (χ2v) is 6.61. The van der Waals surface area contributed by atoms with Gasteiger partial charge in [-0.15, -0.1) is 10.2 Å². The Morgan fingerprint density at radius 1 is 1.04 bits per heavy atom. The number of halogens is 4. The molecule has 0 unspecified atom stereocenters. The predicted octanol–water partition coefficient (Wildman–Crippen LogP) is 3.84. The van der Waals surface area contributed by atoms with Crippen LogP contribution in [0.25, 0.3) is 17.1 Å². The van der Waals surface area contributed by atoms with Gasteiger partial charge in [-0.25, -0.2) is 4.39 Å². The molecule has 5 nitrogen and oxygen atoms in total. The Bertz CT molecular complexity index is 942. The smallest absolute Gasteiger partial charge is 0.346 e. The van der Waals surface area contributed by atoms with Gasteiger partial charge in [-0.2, -0.15) is 13.2 Å². The number of rotatable bonds is 6. The third-order valence-electron chi connectivity index (χ3n) is 3.57. The van der Waals surface area contributed by atoms with Crippen LogP contribution in [0.2, 0.25) is 0 Å². The molecule has 0 aliphatic carbocycles. The minimum Gasteiger partial charge on any atom is -0.346 e. The van der Waals surface area contributed by atoms with Crippen LogP contribution in [0.4, 0.5) is 17.6 Å². The zero-order valence-corrected chi connectivity index (χ0v) is 15.1. The SMILES string of the molecule is O=C(CSc1nnc(-c2ccccc2)n1-c1ccc(F)cc1)NCC(F)(F)F. The van der Waals surface area contributed by atoms with Gasteiger partial charge in [-0.3, -0.25) is 9.36 Å². The molecule has 0 spiro atoms. The first-order valence-corrected chi connectivity index (χ1v) is 9.05. The molecular weight excluding hydrogens is 396 g/mol. The maximum atomic E-state index is 13.3. The second-order valence-electron chi connectivity index (χ2n) is 5.66. The lowest BCUT2D eigenvalue weighted by Crippen LogP contribution is -2.34. The van der Waals surface area contributed by atoms with E-state index in [4.69, 9.17) is 0 Å². The number of amides is 1. The van der Waals surface area contributed by atoms with E-state index < -0.39 is 24.4 Å². The maximum absolute atomic E-state index is 13.3. The Morgan fingerprint density at radius 2 is 1.71 bits per heavy atom. The van der Waals surface area contributed by atoms with Crippen molar-refractivity contribution in [1.29, 1.82) is 0 Å². The molecule has 1 aromatic heterocycles. The van der Waals surface area contributed by atoms with E-state index in [0.717, 1.165) is 17.3 Å². The van der Waals surface area contributed by atoms with Gasteiger partial charge in [0.25, 0.3) is 0 Å². The highest BCUT2D eigenvalue weighted by molar-refractivity contribution is 7.99. The number of hydrogen-bond acceptors (Lipinski definition) is 4. The molecule has 0 bridgehead atoms. The molecule has 0 fully saturated rings. The molecule has 0 radical (unpaired) electrons. The van der Waals surface area contributed by atoms with Crippen molar-refractivity contribution in [2.45, 2.75) is 11.3 Å². The van der Waals surface area contributed by atoms with Gasteiger partial charge >= 0.3 is 6.18 Å². The van der Waals surface area contributed by atoms with Crippen molar-refractivity contribution >= 4 is 17.7 Å². The second kappa shape index (κ2) is 8.42. The Morgan fingerprint density at radius 3 is 2.36 bits per heavy atom. The fraction of sp³-hybridized carbons (Fsp3) is 0.167. The van der Waals surface area contributed by atoms with Crippen molar-refractivity contribution in [2.24, 2.45) is 0 Å². The van der Waals surface area contributed by atoms with E-state index in [2.05, 4.69) is 10.2 Å². The first kappa shape index (κ1) is 19.9. The number of nitrogens with one attached hydrogen (secondary N) is 1. The molecule has 0 atom stereocenters. The lowest BCUT2D eigenvalue weighted by Gasteiger charge is -2.11. The minimum atomic E-state index is -4.48. The predicted molar refractivity (Wildman–Crippen MR) is 96.5 cm³/mol. The van der Waals surface area contributed by atoms with Crippen molar-refractivity contribution in [2.75, 3.05) is 12.3 Å². The molecule has 146 valence electrons. The summed E-state index contributed by atoms with van der Waals surface area (Å²) in [5, 5.41) is 10.3. The number of aromatic nitrogens is 3. The first-order chi connectivity index (χ1) is 13.3. The van der Waals surface area contributed by atoms with Crippen LogP contribution in [0.3, 0.4) is 0 Å². The molecule has 0 aliphatic heterocycles. The highest BCUT2D eigenvalue weighted by atomic mass is 32.2. The molecule has 3 aromatic rings. The summed E-state index contributed by atoms with van der Waals surface area (Å²) in [5.74, 6) is -1.01. The number of benzene rings is 2. The molecule has 10 heteroatoms. The van der Waals surface area contributed by atoms with E-state index in [0.29, 0.717) is 16.7 Å². The molecule has 1 N–H and O–H groups in total. The molecule has 28 heavy (non-hydrogen) atoms. The van der Waals surface area contributed by atoms with Gasteiger partial charge in [0.1, 0.15) is 12.4 Å².